The van der Waals surface area contributed by atoms with Gasteiger partial charge in [-0.05, 0) is 99.9 Å². The second kappa shape index (κ2) is 15.8. The summed E-state index contributed by atoms with van der Waals surface area (Å²) < 4.78 is 48.2. The fraction of sp³-hybridized carbons (Fsp3) is 0.476. The van der Waals surface area contributed by atoms with Gasteiger partial charge in [-0.25, -0.2) is 9.78 Å². The first-order valence-corrected chi connectivity index (χ1v) is 20.1. The van der Waals surface area contributed by atoms with Gasteiger partial charge >= 0.3 is 11.9 Å². The van der Waals surface area contributed by atoms with Crippen LogP contribution in [0.25, 0.3) is 11.0 Å². The van der Waals surface area contributed by atoms with Crippen LogP contribution < -0.4 is 26.0 Å². The van der Waals surface area contributed by atoms with Crippen LogP contribution in [0.5, 0.6) is 5.75 Å². The number of alkyl halides is 3. The molecule has 2 aromatic heterocycles. The number of hydrogen-bond donors (Lipinski definition) is 2. The van der Waals surface area contributed by atoms with E-state index in [2.05, 4.69) is 32.5 Å². The highest BCUT2D eigenvalue weighted by molar-refractivity contribution is 6.05. The molecule has 1 unspecified atom stereocenters. The third kappa shape index (κ3) is 7.67. The van der Waals surface area contributed by atoms with Crippen LogP contribution in [0.1, 0.15) is 89.5 Å². The van der Waals surface area contributed by atoms with Gasteiger partial charge in [-0.15, -0.1) is 0 Å². The van der Waals surface area contributed by atoms with Gasteiger partial charge in [0, 0.05) is 57.3 Å². The number of imide groups is 1. The number of amides is 4. The smallest absolute Gasteiger partial charge is 0.433 e. The summed E-state index contributed by atoms with van der Waals surface area (Å²) in [5.41, 5.74) is 2.02. The van der Waals surface area contributed by atoms with Gasteiger partial charge in [-0.3, -0.25) is 33.6 Å². The van der Waals surface area contributed by atoms with Gasteiger partial charge in [0.1, 0.15) is 23.2 Å². The van der Waals surface area contributed by atoms with Crippen molar-refractivity contribution >= 4 is 46.0 Å². The maximum absolute atomic E-state index is 13.7. The molecular formula is C42H47F3N8O6. The van der Waals surface area contributed by atoms with Gasteiger partial charge in [0.2, 0.25) is 11.8 Å². The number of carbonyl (C=O) groups excluding carboxylic acids is 4. The molecule has 2 N–H and O–H groups in total. The van der Waals surface area contributed by atoms with E-state index in [-0.39, 0.29) is 47.8 Å². The van der Waals surface area contributed by atoms with Crippen LogP contribution in [0.2, 0.25) is 0 Å². The normalized spacial score (nSPS) is 21.6. The molecule has 4 aliphatic rings. The molecule has 4 aromatic rings. The number of imidazole rings is 1. The monoisotopic (exact) mass is 816 g/mol. The second-order valence-electron chi connectivity index (χ2n) is 16.2. The molecule has 0 spiro atoms. The molecule has 0 bridgehead atoms. The Balaban J connectivity index is 0.853. The van der Waals surface area contributed by atoms with Crippen molar-refractivity contribution in [1.82, 2.24) is 29.2 Å². The van der Waals surface area contributed by atoms with Crippen LogP contribution in [-0.2, 0) is 29.4 Å². The van der Waals surface area contributed by atoms with Crippen molar-refractivity contribution in [2.45, 2.75) is 82.2 Å². The number of pyridine rings is 1. The Morgan fingerprint density at radius 1 is 0.983 bits per heavy atom. The van der Waals surface area contributed by atoms with Crippen LogP contribution in [0.3, 0.4) is 0 Å². The number of ether oxygens (including phenoxy) is 1. The lowest BCUT2D eigenvalue weighted by Gasteiger charge is -2.41. The molecule has 1 atom stereocenters. The number of nitrogens with one attached hydrogen (secondary N) is 2. The summed E-state index contributed by atoms with van der Waals surface area (Å²) in [6, 6.07) is 11.9. The fourth-order valence-electron chi connectivity index (χ4n) is 9.48. The lowest BCUT2D eigenvalue weighted by Crippen LogP contribution is -2.46. The predicted molar refractivity (Wildman–Crippen MR) is 212 cm³/mol. The van der Waals surface area contributed by atoms with E-state index in [1.54, 1.807) is 23.7 Å². The lowest BCUT2D eigenvalue weighted by molar-refractivity contribution is -0.141. The Morgan fingerprint density at radius 2 is 1.71 bits per heavy atom. The average Bonchev–Trinajstić information content (AvgIpc) is 3.68. The van der Waals surface area contributed by atoms with Crippen LogP contribution >= 0.6 is 0 Å². The van der Waals surface area contributed by atoms with E-state index in [1.807, 2.05) is 23.1 Å². The molecule has 17 heteroatoms. The van der Waals surface area contributed by atoms with Crippen molar-refractivity contribution in [2.24, 2.45) is 13.0 Å². The average molecular weight is 817 g/mol. The largest absolute Gasteiger partial charge is 0.495 e. The zero-order valence-electron chi connectivity index (χ0n) is 33.2. The molecule has 3 aliphatic heterocycles. The third-order valence-electron chi connectivity index (χ3n) is 12.6. The Hall–Kier alpha value is -5.71. The summed E-state index contributed by atoms with van der Waals surface area (Å²) in [7, 11) is 5.31. The highest BCUT2D eigenvalue weighted by Gasteiger charge is 2.38. The summed E-state index contributed by atoms with van der Waals surface area (Å²) in [6.45, 7) is 2.94. The third-order valence-corrected chi connectivity index (χ3v) is 12.6. The molecule has 5 heterocycles. The standard InChI is InChI=1S/C42H47F3N8O6/c1-49(26-16-18-51(19-17-26)31-7-5-8-32-37(31)50(2)41(58)53(32)33-14-15-36(54)48-39(33)56)22-24-10-12-27(13-11-24)52-23-25-20-30(34(59-3)21-28(25)40(52)57)47-38(55)29-6-4-9-35(46-29)42(43,44)45/h4-9,20-21,24,26-27,33H,10-19,22-23H2,1-3H3,(H,47,55)(H,48,54,56). The second-order valence-corrected chi connectivity index (χ2v) is 16.2. The topological polar surface area (TPSA) is 151 Å². The highest BCUT2D eigenvalue weighted by atomic mass is 19.4. The van der Waals surface area contributed by atoms with Crippen molar-refractivity contribution in [3.63, 3.8) is 0 Å². The van der Waals surface area contributed by atoms with E-state index in [9.17, 15) is 37.1 Å². The minimum atomic E-state index is -4.69. The van der Waals surface area contributed by atoms with E-state index in [0.717, 1.165) is 81.5 Å². The summed E-state index contributed by atoms with van der Waals surface area (Å²) in [5.74, 6) is -0.994. The van der Waals surface area contributed by atoms with Crippen molar-refractivity contribution in [3.05, 3.63) is 81.5 Å². The first-order valence-electron chi connectivity index (χ1n) is 20.1. The summed E-state index contributed by atoms with van der Waals surface area (Å²) in [4.78, 5) is 74.7. The number of benzene rings is 2. The van der Waals surface area contributed by atoms with E-state index in [4.69, 9.17) is 4.74 Å². The minimum Gasteiger partial charge on any atom is -0.495 e. The van der Waals surface area contributed by atoms with E-state index >= 15 is 0 Å². The van der Waals surface area contributed by atoms with Crippen LogP contribution in [-0.4, -0.2) is 93.4 Å². The maximum Gasteiger partial charge on any atom is 0.433 e. The van der Waals surface area contributed by atoms with E-state index in [1.165, 1.54) is 17.7 Å². The van der Waals surface area contributed by atoms with Gasteiger partial charge < -0.3 is 24.8 Å². The number of nitrogens with zero attached hydrogens (tertiary/aromatic N) is 6. The molecule has 312 valence electrons. The maximum atomic E-state index is 13.7. The first kappa shape index (κ1) is 40.1. The molecule has 3 fully saturated rings. The number of rotatable bonds is 9. The van der Waals surface area contributed by atoms with Crippen molar-refractivity contribution in [3.8, 4) is 5.75 Å². The lowest BCUT2D eigenvalue weighted by atomic mass is 9.84. The van der Waals surface area contributed by atoms with Gasteiger partial charge in [-0.1, -0.05) is 12.1 Å². The van der Waals surface area contributed by atoms with Crippen LogP contribution in [0, 0.1) is 5.92 Å². The molecule has 14 nitrogen and oxygen atoms in total. The predicted octanol–water partition coefficient (Wildman–Crippen LogP) is 5.11. The van der Waals surface area contributed by atoms with Crippen LogP contribution in [0.4, 0.5) is 24.5 Å². The molecule has 1 aliphatic carbocycles. The quantitative estimate of drug-likeness (QED) is 0.220. The van der Waals surface area contributed by atoms with Gasteiger partial charge in [0.25, 0.3) is 11.8 Å². The number of fused-ring (bicyclic) bond motifs is 2. The molecule has 1 saturated carbocycles. The molecule has 8 rings (SSSR count). The number of para-hydroxylation sites is 1. The van der Waals surface area contributed by atoms with Gasteiger partial charge in [0.05, 0.1) is 29.5 Å². The zero-order valence-corrected chi connectivity index (χ0v) is 33.2. The zero-order chi connectivity index (χ0) is 41.7. The fourth-order valence-corrected chi connectivity index (χ4v) is 9.48. The van der Waals surface area contributed by atoms with Crippen molar-refractivity contribution in [2.75, 3.05) is 44.0 Å². The molecule has 2 saturated heterocycles. The number of halogens is 3. The molecular weight excluding hydrogens is 770 g/mol. The number of methoxy groups -OCH3 is 1. The minimum absolute atomic E-state index is 0.0570. The Morgan fingerprint density at radius 3 is 2.41 bits per heavy atom. The highest BCUT2D eigenvalue weighted by Crippen LogP contribution is 2.39. The Bertz CT molecular complexity index is 2380. The van der Waals surface area contributed by atoms with Crippen LogP contribution in [0.15, 0.2) is 53.3 Å². The first-order chi connectivity index (χ1) is 28.2. The van der Waals surface area contributed by atoms with E-state index < -0.39 is 35.4 Å². The Kier molecular flexibility index (Phi) is 10.7. The molecule has 59 heavy (non-hydrogen) atoms. The van der Waals surface area contributed by atoms with E-state index in [0.29, 0.717) is 35.1 Å². The molecule has 4 amide bonds. The summed E-state index contributed by atoms with van der Waals surface area (Å²) in [6.07, 6.45) is 1.35. The number of anilines is 2. The Labute approximate surface area is 338 Å². The summed E-state index contributed by atoms with van der Waals surface area (Å²) in [5, 5.41) is 4.99. The number of aromatic nitrogens is 3. The van der Waals surface area contributed by atoms with Gasteiger partial charge in [0.15, 0.2) is 0 Å². The number of hydrogen-bond acceptors (Lipinski definition) is 9. The summed E-state index contributed by atoms with van der Waals surface area (Å²) >= 11 is 0. The number of carbonyl (C=O) groups is 4. The molecule has 0 radical (unpaired) electrons. The number of aryl methyl sites for hydroxylation is 1. The van der Waals surface area contributed by atoms with Crippen molar-refractivity contribution < 1.29 is 37.1 Å². The number of piperidine rings is 2. The SMILES string of the molecule is COc1cc2c(cc1NC(=O)c1cccc(C(F)(F)F)n1)CN(C1CCC(CN(C)C3CCN(c4cccc5c4n(C)c(=O)n5C4CCC(=O)NC4=O)CC3)CC1)C2=O. The van der Waals surface area contributed by atoms with Gasteiger partial charge in [-0.2, -0.15) is 13.2 Å². The molecule has 2 aromatic carbocycles. The van der Waals surface area contributed by atoms with Crippen molar-refractivity contribution in [1.29, 1.82) is 0 Å².